The Balaban J connectivity index is 0.000000427. The smallest absolute Gasteiger partial charge is 0.123 e. The Kier molecular flexibility index (Phi) is 8.62. The molecule has 1 unspecified atom stereocenters. The Hall–Kier alpha value is -2.47. The second-order valence-electron chi connectivity index (χ2n) is 6.81. The van der Waals surface area contributed by atoms with E-state index >= 15 is 0 Å². The van der Waals surface area contributed by atoms with E-state index in [1.54, 1.807) is 36.4 Å². The van der Waals surface area contributed by atoms with Crippen molar-refractivity contribution >= 4 is 15.7 Å². The largest absolute Gasteiger partial charge is 0.214 e. The summed E-state index contributed by atoms with van der Waals surface area (Å²) >= 11 is 0. The van der Waals surface area contributed by atoms with Crippen molar-refractivity contribution < 1.29 is 30.2 Å². The molecule has 0 amide bonds. The van der Waals surface area contributed by atoms with Gasteiger partial charge in [-0.05, 0) is 61.0 Å². The van der Waals surface area contributed by atoms with Gasteiger partial charge in [0.05, 0.1) is 0 Å². The molecule has 0 N–H and O–H groups in total. The van der Waals surface area contributed by atoms with Crippen molar-refractivity contribution in [3.05, 3.63) is 121 Å². The molecule has 6 heteroatoms. The minimum absolute atomic E-state index is 0. The molecule has 0 aliphatic rings. The maximum atomic E-state index is 13.4. The van der Waals surface area contributed by atoms with Crippen molar-refractivity contribution in [1.82, 2.24) is 0 Å². The van der Waals surface area contributed by atoms with E-state index in [-0.39, 0.29) is 34.5 Å². The Bertz CT molecular complexity index is 1150. The number of benzene rings is 3. The third kappa shape index (κ3) is 5.85. The van der Waals surface area contributed by atoms with E-state index in [0.29, 0.717) is 7.87 Å². The van der Waals surface area contributed by atoms with Gasteiger partial charge in [0.15, 0.2) is 0 Å². The molecule has 0 bridgehead atoms. The van der Waals surface area contributed by atoms with Gasteiger partial charge in [0, 0.05) is 33.2 Å². The fourth-order valence-corrected chi connectivity index (χ4v) is 6.96. The molecule has 0 fully saturated rings. The zero-order valence-electron chi connectivity index (χ0n) is 16.7. The standard InChI is InChI=1S/C21H13F3P2.C5H5.Fe/c22-16-7-1-13(2-8-16)19-20(14-3-9-17(23)10-4-14)25-26-21(19)15-5-11-18(24)12-6-15;1-2-4-5-3-1;/h1-12,25H;1-5H;/q;-1;. The molecule has 4 aromatic carbocycles. The molecule has 0 aliphatic carbocycles. The van der Waals surface area contributed by atoms with Crippen LogP contribution in [0.5, 0.6) is 0 Å². The Labute approximate surface area is 199 Å². The van der Waals surface area contributed by atoms with Crippen molar-refractivity contribution in [1.29, 1.82) is 0 Å². The molecule has 0 aliphatic heterocycles. The zero-order chi connectivity index (χ0) is 21.6. The molecule has 32 heavy (non-hydrogen) atoms. The third-order valence-electron chi connectivity index (χ3n) is 4.71. The topological polar surface area (TPSA) is 0 Å². The molecule has 0 saturated heterocycles. The third-order valence-corrected chi connectivity index (χ3v) is 7.96. The van der Waals surface area contributed by atoms with Crippen molar-refractivity contribution in [3.8, 4) is 32.8 Å². The first-order valence-corrected chi connectivity index (χ1v) is 12.4. The summed E-state index contributed by atoms with van der Waals surface area (Å²) in [6.45, 7) is 0. The minimum Gasteiger partial charge on any atom is -0.214 e. The van der Waals surface area contributed by atoms with E-state index in [1.165, 1.54) is 36.4 Å². The van der Waals surface area contributed by atoms with E-state index in [9.17, 15) is 13.2 Å². The number of halogens is 3. The quantitative estimate of drug-likeness (QED) is 0.170. The first-order chi connectivity index (χ1) is 15.1. The van der Waals surface area contributed by atoms with Gasteiger partial charge in [-0.1, -0.05) is 36.4 Å². The second-order valence-corrected chi connectivity index (χ2v) is 9.54. The summed E-state index contributed by atoms with van der Waals surface area (Å²) in [5, 5.41) is 2.19. The first-order valence-electron chi connectivity index (χ1n) is 9.64. The van der Waals surface area contributed by atoms with Gasteiger partial charge in [0.2, 0.25) is 0 Å². The van der Waals surface area contributed by atoms with Crippen LogP contribution in [0.3, 0.4) is 0 Å². The van der Waals surface area contributed by atoms with Crippen molar-refractivity contribution in [2.45, 2.75) is 0 Å². The van der Waals surface area contributed by atoms with E-state index in [2.05, 4.69) is 0 Å². The van der Waals surface area contributed by atoms with Gasteiger partial charge in [-0.25, -0.2) is 25.3 Å². The van der Waals surface area contributed by atoms with Gasteiger partial charge in [0.1, 0.15) is 17.5 Å². The van der Waals surface area contributed by atoms with Crippen molar-refractivity contribution in [3.63, 3.8) is 0 Å². The van der Waals surface area contributed by atoms with Crippen molar-refractivity contribution in [2.24, 2.45) is 0 Å². The summed E-state index contributed by atoms with van der Waals surface area (Å²) in [6.07, 6.45) is 0. The summed E-state index contributed by atoms with van der Waals surface area (Å²) in [6, 6.07) is 29.2. The molecule has 1 aromatic heterocycles. The van der Waals surface area contributed by atoms with Crippen LogP contribution in [0.4, 0.5) is 13.2 Å². The fourth-order valence-electron chi connectivity index (χ4n) is 3.20. The maximum Gasteiger partial charge on any atom is 0.123 e. The monoisotopic (exact) mass is 505 g/mol. The van der Waals surface area contributed by atoms with Crippen LogP contribution in [0.1, 0.15) is 0 Å². The minimum atomic E-state index is -0.293. The van der Waals surface area contributed by atoms with Gasteiger partial charge in [-0.15, -0.1) is 7.87 Å². The van der Waals surface area contributed by atoms with Gasteiger partial charge in [0.25, 0.3) is 0 Å². The summed E-state index contributed by atoms with van der Waals surface area (Å²) in [4.78, 5) is 0. The molecule has 0 spiro atoms. The average Bonchev–Trinajstić information content (AvgIpc) is 3.49. The fraction of sp³-hybridized carbons (Fsp3) is 0. The molecule has 5 aromatic rings. The number of hydrogen-bond donors (Lipinski definition) is 0. The summed E-state index contributed by atoms with van der Waals surface area (Å²) < 4.78 is 40.0. The van der Waals surface area contributed by atoms with Crippen LogP contribution in [0.2, 0.25) is 0 Å². The van der Waals surface area contributed by atoms with E-state index in [4.69, 9.17) is 0 Å². The molecular formula is C26H18F3FeP2-. The Morgan fingerprint density at radius 2 is 1.03 bits per heavy atom. The van der Waals surface area contributed by atoms with E-state index in [0.717, 1.165) is 40.7 Å². The van der Waals surface area contributed by atoms with Crippen LogP contribution in [0, 0.1) is 17.5 Å². The molecule has 162 valence electrons. The second kappa shape index (κ2) is 11.4. The average molecular weight is 505 g/mol. The first kappa shape index (κ1) is 24.2. The Morgan fingerprint density at radius 3 is 1.47 bits per heavy atom. The molecule has 5 rings (SSSR count). The van der Waals surface area contributed by atoms with Gasteiger partial charge < -0.3 is 0 Å². The predicted octanol–water partition coefficient (Wildman–Crippen LogP) is 9.12. The summed E-state index contributed by atoms with van der Waals surface area (Å²) in [5.41, 5.74) is 3.82. The summed E-state index contributed by atoms with van der Waals surface area (Å²) in [5.74, 6) is -0.851. The number of rotatable bonds is 3. The predicted molar refractivity (Wildman–Crippen MR) is 127 cm³/mol. The van der Waals surface area contributed by atoms with Gasteiger partial charge in [-0.2, -0.15) is 18.2 Å². The van der Waals surface area contributed by atoms with Crippen LogP contribution in [-0.2, 0) is 17.1 Å². The van der Waals surface area contributed by atoms with Crippen LogP contribution in [0.25, 0.3) is 32.8 Å². The summed E-state index contributed by atoms with van der Waals surface area (Å²) in [7, 11) is 1.59. The van der Waals surface area contributed by atoms with Crippen LogP contribution < -0.4 is 0 Å². The molecule has 0 radical (unpaired) electrons. The van der Waals surface area contributed by atoms with Crippen molar-refractivity contribution in [2.75, 3.05) is 0 Å². The molecule has 1 atom stereocenters. The SMILES string of the molecule is Fc1ccc(-c2p[pH]c(-c3ccc(F)cc3)c2-c2ccc(F)cc2)cc1.[Fe].c1cc[cH-]c1. The molecule has 0 nitrogen and oxygen atoms in total. The van der Waals surface area contributed by atoms with Crippen LogP contribution in [0.15, 0.2) is 103 Å². The molecular weight excluding hydrogens is 487 g/mol. The normalized spacial score (nSPS) is 10.6. The number of hydrogen-bond acceptors (Lipinski definition) is 0. The van der Waals surface area contributed by atoms with Crippen LogP contribution in [-0.4, -0.2) is 0 Å². The van der Waals surface area contributed by atoms with E-state index < -0.39 is 0 Å². The van der Waals surface area contributed by atoms with Gasteiger partial charge >= 0.3 is 0 Å². The van der Waals surface area contributed by atoms with Crippen LogP contribution >= 0.6 is 15.7 Å². The molecule has 1 heterocycles. The zero-order valence-corrected chi connectivity index (χ0v) is 19.7. The van der Waals surface area contributed by atoms with E-state index in [1.807, 2.05) is 30.3 Å². The Morgan fingerprint density at radius 1 is 0.594 bits per heavy atom. The maximum absolute atomic E-state index is 13.4. The van der Waals surface area contributed by atoms with Gasteiger partial charge in [-0.3, -0.25) is 0 Å². The molecule has 0 saturated carbocycles.